The van der Waals surface area contributed by atoms with Gasteiger partial charge in [-0.05, 0) is 85.9 Å². The first-order valence-electron chi connectivity index (χ1n) is 12.3. The molecule has 8 heteroatoms. The third kappa shape index (κ3) is 5.12. The van der Waals surface area contributed by atoms with E-state index in [1.54, 1.807) is 41.5 Å². The summed E-state index contributed by atoms with van der Waals surface area (Å²) in [5.74, 6) is -0.717. The molecular formula is C29H32BNO6. The molecule has 0 saturated carbocycles. The third-order valence-corrected chi connectivity index (χ3v) is 6.74. The number of nitrogens with one attached hydrogen (secondary N) is 1. The largest absolute Gasteiger partial charge is 0.489 e. The first kappa shape index (κ1) is 26.4. The summed E-state index contributed by atoms with van der Waals surface area (Å²) in [5, 5.41) is 22.9. The summed E-state index contributed by atoms with van der Waals surface area (Å²) in [5.41, 5.74) is 5.57. The van der Waals surface area contributed by atoms with Crippen molar-refractivity contribution < 1.29 is 29.1 Å². The van der Waals surface area contributed by atoms with Crippen LogP contribution in [0.1, 0.15) is 64.9 Å². The number of esters is 1. The Morgan fingerprint density at radius 3 is 1.95 bits per heavy atom. The Morgan fingerprint density at radius 2 is 1.43 bits per heavy atom. The number of ether oxygens (including phenoxy) is 2. The van der Waals surface area contributed by atoms with Crippen molar-refractivity contribution in [1.82, 2.24) is 0 Å². The van der Waals surface area contributed by atoms with Crippen molar-refractivity contribution in [3.8, 4) is 11.1 Å². The molecule has 0 atom stereocenters. The van der Waals surface area contributed by atoms with E-state index in [4.69, 9.17) is 9.47 Å². The fourth-order valence-corrected chi connectivity index (χ4v) is 5.18. The Balaban J connectivity index is 1.62. The molecule has 1 aliphatic rings. The molecule has 0 aromatic heterocycles. The van der Waals surface area contributed by atoms with Gasteiger partial charge in [0, 0.05) is 5.92 Å². The number of carbonyl (C=O) groups excluding carboxylic acids is 2. The molecule has 0 saturated heterocycles. The zero-order valence-electron chi connectivity index (χ0n) is 22.0. The summed E-state index contributed by atoms with van der Waals surface area (Å²) in [6.07, 6.45) is -0.703. The highest BCUT2D eigenvalue weighted by Gasteiger charge is 2.32. The SMILES string of the molecule is Cc1c(NC(=O)OCC2c3ccccc3-c3ccccc32)c(C)c(C(=O)OC(C)(C)C)c(C)c1B(O)O. The molecule has 192 valence electrons. The van der Waals surface area contributed by atoms with E-state index >= 15 is 0 Å². The monoisotopic (exact) mass is 501 g/mol. The summed E-state index contributed by atoms with van der Waals surface area (Å²) in [7, 11) is -1.84. The van der Waals surface area contributed by atoms with E-state index in [2.05, 4.69) is 17.4 Å². The minimum absolute atomic E-state index is 0.106. The van der Waals surface area contributed by atoms with Crippen LogP contribution in [0.2, 0.25) is 0 Å². The minimum Gasteiger partial charge on any atom is -0.456 e. The molecule has 1 aliphatic carbocycles. The molecule has 7 nitrogen and oxygen atoms in total. The second-order valence-electron chi connectivity index (χ2n) is 10.4. The summed E-state index contributed by atoms with van der Waals surface area (Å²) < 4.78 is 11.2. The van der Waals surface area contributed by atoms with Gasteiger partial charge in [0.2, 0.25) is 0 Å². The third-order valence-electron chi connectivity index (χ3n) is 6.74. The van der Waals surface area contributed by atoms with Gasteiger partial charge in [-0.2, -0.15) is 0 Å². The lowest BCUT2D eigenvalue weighted by atomic mass is 9.71. The van der Waals surface area contributed by atoms with Crippen molar-refractivity contribution in [1.29, 1.82) is 0 Å². The summed E-state index contributed by atoms with van der Waals surface area (Å²) in [6.45, 7) is 10.4. The molecule has 0 radical (unpaired) electrons. The van der Waals surface area contributed by atoms with Crippen LogP contribution in [0.5, 0.6) is 0 Å². The van der Waals surface area contributed by atoms with E-state index in [0.29, 0.717) is 16.7 Å². The smallest absolute Gasteiger partial charge is 0.456 e. The number of carbonyl (C=O) groups is 2. The van der Waals surface area contributed by atoms with Crippen molar-refractivity contribution in [3.63, 3.8) is 0 Å². The van der Waals surface area contributed by atoms with Gasteiger partial charge >= 0.3 is 19.2 Å². The lowest BCUT2D eigenvalue weighted by Gasteiger charge is -2.25. The zero-order valence-corrected chi connectivity index (χ0v) is 22.0. The van der Waals surface area contributed by atoms with E-state index in [-0.39, 0.29) is 29.2 Å². The van der Waals surface area contributed by atoms with Crippen LogP contribution in [0, 0.1) is 20.8 Å². The average molecular weight is 501 g/mol. The van der Waals surface area contributed by atoms with Crippen molar-refractivity contribution in [2.45, 2.75) is 53.1 Å². The van der Waals surface area contributed by atoms with Gasteiger partial charge in [-0.25, -0.2) is 9.59 Å². The molecule has 0 heterocycles. The van der Waals surface area contributed by atoms with Gasteiger partial charge in [0.05, 0.1) is 11.3 Å². The van der Waals surface area contributed by atoms with E-state index in [1.165, 1.54) is 0 Å². The molecule has 37 heavy (non-hydrogen) atoms. The number of rotatable bonds is 5. The zero-order chi connectivity index (χ0) is 27.1. The quantitative estimate of drug-likeness (QED) is 0.349. The number of fused-ring (bicyclic) bond motifs is 3. The van der Waals surface area contributed by atoms with Crippen molar-refractivity contribution in [3.05, 3.63) is 81.9 Å². The lowest BCUT2D eigenvalue weighted by Crippen LogP contribution is -2.38. The highest BCUT2D eigenvalue weighted by molar-refractivity contribution is 6.60. The molecule has 0 spiro atoms. The number of anilines is 1. The fraction of sp³-hybridized carbons (Fsp3) is 0.310. The summed E-state index contributed by atoms with van der Waals surface area (Å²) in [4.78, 5) is 26.0. The molecule has 4 rings (SSSR count). The van der Waals surface area contributed by atoms with Crippen LogP contribution in [0.15, 0.2) is 48.5 Å². The Kier molecular flexibility index (Phi) is 7.17. The van der Waals surface area contributed by atoms with Crippen molar-refractivity contribution in [2.75, 3.05) is 11.9 Å². The van der Waals surface area contributed by atoms with Crippen LogP contribution in [0.25, 0.3) is 11.1 Å². The summed E-state index contributed by atoms with van der Waals surface area (Å²) in [6, 6.07) is 16.1. The predicted molar refractivity (Wildman–Crippen MR) is 144 cm³/mol. The van der Waals surface area contributed by atoms with Gasteiger partial charge in [-0.1, -0.05) is 48.5 Å². The summed E-state index contributed by atoms with van der Waals surface area (Å²) >= 11 is 0. The molecular weight excluding hydrogens is 469 g/mol. The Morgan fingerprint density at radius 1 is 0.892 bits per heavy atom. The predicted octanol–water partition coefficient (Wildman–Crippen LogP) is 4.61. The van der Waals surface area contributed by atoms with Gasteiger partial charge in [-0.3, -0.25) is 5.32 Å². The molecule has 1 amide bonds. The maximum Gasteiger partial charge on any atom is 0.489 e. The molecule has 0 unspecified atom stereocenters. The fourth-order valence-electron chi connectivity index (χ4n) is 5.18. The molecule has 3 aromatic carbocycles. The van der Waals surface area contributed by atoms with Gasteiger partial charge in [-0.15, -0.1) is 0 Å². The maximum absolute atomic E-state index is 13.0. The molecule has 0 bridgehead atoms. The Labute approximate surface area is 217 Å². The molecule has 3 aromatic rings. The van der Waals surface area contributed by atoms with Crippen LogP contribution in [-0.4, -0.2) is 41.4 Å². The van der Waals surface area contributed by atoms with Crippen LogP contribution in [0.4, 0.5) is 10.5 Å². The second kappa shape index (κ2) is 10.0. The topological polar surface area (TPSA) is 105 Å². The average Bonchev–Trinajstić information content (AvgIpc) is 3.13. The van der Waals surface area contributed by atoms with Crippen LogP contribution in [0.3, 0.4) is 0 Å². The number of hydrogen-bond donors (Lipinski definition) is 3. The lowest BCUT2D eigenvalue weighted by molar-refractivity contribution is 0.00680. The van der Waals surface area contributed by atoms with Crippen molar-refractivity contribution in [2.24, 2.45) is 0 Å². The Bertz CT molecular complexity index is 1330. The first-order chi connectivity index (χ1) is 17.4. The van der Waals surface area contributed by atoms with Crippen LogP contribution < -0.4 is 10.8 Å². The Hall–Kier alpha value is -3.62. The first-order valence-corrected chi connectivity index (χ1v) is 12.3. The van der Waals surface area contributed by atoms with Gasteiger partial charge < -0.3 is 19.5 Å². The molecule has 0 fully saturated rings. The van der Waals surface area contributed by atoms with Crippen LogP contribution >= 0.6 is 0 Å². The number of benzene rings is 3. The van der Waals surface area contributed by atoms with Gasteiger partial charge in [0.1, 0.15) is 12.2 Å². The van der Waals surface area contributed by atoms with E-state index < -0.39 is 24.8 Å². The maximum atomic E-state index is 13.0. The standard InChI is InChI=1S/C29H32BNO6/c1-16-24(27(32)37-29(4,5)6)17(2)26(18(3)25(16)30(34)35)31-28(33)36-15-23-21-13-9-7-11-19(21)20-12-8-10-14-22(20)23/h7-14,23,34-35H,15H2,1-6H3,(H,31,33). The van der Waals surface area contributed by atoms with E-state index in [1.807, 2.05) is 36.4 Å². The van der Waals surface area contributed by atoms with Crippen LogP contribution in [-0.2, 0) is 9.47 Å². The van der Waals surface area contributed by atoms with Gasteiger partial charge in [0.15, 0.2) is 0 Å². The van der Waals surface area contributed by atoms with E-state index in [0.717, 1.165) is 22.3 Å². The highest BCUT2D eigenvalue weighted by atomic mass is 16.6. The molecule has 0 aliphatic heterocycles. The van der Waals surface area contributed by atoms with E-state index in [9.17, 15) is 19.6 Å². The minimum atomic E-state index is -1.84. The molecule has 3 N–H and O–H groups in total. The number of hydrogen-bond acceptors (Lipinski definition) is 6. The van der Waals surface area contributed by atoms with Crippen molar-refractivity contribution >= 4 is 30.3 Å². The second-order valence-corrected chi connectivity index (χ2v) is 10.4. The van der Waals surface area contributed by atoms with Gasteiger partial charge in [0.25, 0.3) is 0 Å². The number of amides is 1. The normalized spacial score (nSPS) is 12.5. The highest BCUT2D eigenvalue weighted by Crippen LogP contribution is 2.44.